The zero-order valence-electron chi connectivity index (χ0n) is 12.2. The second-order valence-electron chi connectivity index (χ2n) is 4.69. The van der Waals surface area contributed by atoms with Crippen LogP contribution in [0, 0.1) is 0 Å². The molecule has 0 aliphatic rings. The normalized spacial score (nSPS) is 11.5. The van der Waals surface area contributed by atoms with Gasteiger partial charge in [-0.3, -0.25) is 4.79 Å². The number of aliphatic imine (C=N–C) groups is 1. The van der Waals surface area contributed by atoms with Gasteiger partial charge in [-0.1, -0.05) is 6.07 Å². The lowest BCUT2D eigenvalue weighted by atomic mass is 10.1. The highest BCUT2D eigenvalue weighted by Crippen LogP contribution is 2.36. The molecule has 0 bridgehead atoms. The number of phenols is 2. The number of ketones is 1. The van der Waals surface area contributed by atoms with E-state index in [2.05, 4.69) is 9.41 Å². The van der Waals surface area contributed by atoms with E-state index >= 15 is 0 Å². The lowest BCUT2D eigenvalue weighted by Crippen LogP contribution is -2.15. The van der Waals surface area contributed by atoms with Crippen molar-refractivity contribution in [1.82, 2.24) is 0 Å². The Morgan fingerprint density at radius 3 is 2.13 bits per heavy atom. The SMILES string of the molecule is CC(=O)c1c(O)oc(=O)c(C(C)=Nc2c(O)cccc2O)c1O. The van der Waals surface area contributed by atoms with Crippen molar-refractivity contribution >= 4 is 17.2 Å². The number of benzene rings is 1. The Morgan fingerprint density at radius 1 is 1.04 bits per heavy atom. The summed E-state index contributed by atoms with van der Waals surface area (Å²) in [5.41, 5.74) is -2.50. The van der Waals surface area contributed by atoms with Crippen molar-refractivity contribution < 1.29 is 29.6 Å². The van der Waals surface area contributed by atoms with Gasteiger partial charge < -0.3 is 24.8 Å². The van der Waals surface area contributed by atoms with Gasteiger partial charge in [-0.15, -0.1) is 0 Å². The predicted octanol–water partition coefficient (Wildman–Crippen LogP) is 1.81. The second-order valence-corrected chi connectivity index (χ2v) is 4.69. The number of hydrogen-bond donors (Lipinski definition) is 4. The fourth-order valence-corrected chi connectivity index (χ4v) is 2.01. The van der Waals surface area contributed by atoms with Crippen molar-refractivity contribution in [3.8, 4) is 23.2 Å². The van der Waals surface area contributed by atoms with Crippen LogP contribution >= 0.6 is 0 Å². The van der Waals surface area contributed by atoms with Crippen LogP contribution in [0.3, 0.4) is 0 Å². The smallest absolute Gasteiger partial charge is 0.351 e. The van der Waals surface area contributed by atoms with Crippen LogP contribution in [-0.2, 0) is 0 Å². The first-order chi connectivity index (χ1) is 10.7. The summed E-state index contributed by atoms with van der Waals surface area (Å²) in [6.45, 7) is 2.37. The van der Waals surface area contributed by atoms with Crippen LogP contribution in [0.2, 0.25) is 0 Å². The third-order valence-corrected chi connectivity index (χ3v) is 3.07. The summed E-state index contributed by atoms with van der Waals surface area (Å²) in [7, 11) is 0. The van der Waals surface area contributed by atoms with Crippen LogP contribution < -0.4 is 5.63 Å². The molecule has 0 atom stereocenters. The van der Waals surface area contributed by atoms with Crippen LogP contribution in [0.25, 0.3) is 0 Å². The van der Waals surface area contributed by atoms with Crippen LogP contribution in [0.1, 0.15) is 29.8 Å². The number of aromatic hydroxyl groups is 4. The van der Waals surface area contributed by atoms with Gasteiger partial charge in [0.15, 0.2) is 5.78 Å². The van der Waals surface area contributed by atoms with Gasteiger partial charge in [-0.2, -0.15) is 0 Å². The fraction of sp³-hybridized carbons (Fsp3) is 0.133. The van der Waals surface area contributed by atoms with Gasteiger partial charge in [0.1, 0.15) is 34.1 Å². The third kappa shape index (κ3) is 2.86. The second kappa shape index (κ2) is 5.84. The molecule has 23 heavy (non-hydrogen) atoms. The predicted molar refractivity (Wildman–Crippen MR) is 80.0 cm³/mol. The number of Topliss-reactive ketones (excluding diaryl/α,β-unsaturated/α-hetero) is 1. The van der Waals surface area contributed by atoms with E-state index in [9.17, 15) is 30.0 Å². The summed E-state index contributed by atoms with van der Waals surface area (Å²) in [6, 6.07) is 3.93. The topological polar surface area (TPSA) is 141 Å². The Morgan fingerprint density at radius 2 is 1.61 bits per heavy atom. The average Bonchev–Trinajstić information content (AvgIpc) is 2.41. The Hall–Kier alpha value is -3.29. The van der Waals surface area contributed by atoms with Gasteiger partial charge >= 0.3 is 5.63 Å². The molecule has 8 heteroatoms. The zero-order valence-corrected chi connectivity index (χ0v) is 12.2. The van der Waals surface area contributed by atoms with Crippen molar-refractivity contribution in [1.29, 1.82) is 0 Å². The summed E-state index contributed by atoms with van der Waals surface area (Å²) in [4.78, 5) is 27.2. The molecule has 1 aromatic heterocycles. The molecule has 0 aliphatic heterocycles. The van der Waals surface area contributed by atoms with Crippen molar-refractivity contribution in [2.24, 2.45) is 4.99 Å². The van der Waals surface area contributed by atoms with E-state index < -0.39 is 34.2 Å². The molecule has 0 radical (unpaired) electrons. The first kappa shape index (κ1) is 16.1. The minimum atomic E-state index is -1.12. The van der Waals surface area contributed by atoms with Gasteiger partial charge in [0.05, 0.1) is 5.71 Å². The molecule has 8 nitrogen and oxygen atoms in total. The van der Waals surface area contributed by atoms with Gasteiger partial charge in [0.25, 0.3) is 5.95 Å². The summed E-state index contributed by atoms with van der Waals surface area (Å²) < 4.78 is 4.51. The molecule has 0 aliphatic carbocycles. The van der Waals surface area contributed by atoms with Crippen LogP contribution in [-0.4, -0.2) is 31.9 Å². The van der Waals surface area contributed by atoms with Crippen LogP contribution in [0.4, 0.5) is 5.69 Å². The van der Waals surface area contributed by atoms with Gasteiger partial charge in [-0.05, 0) is 26.0 Å². The highest BCUT2D eigenvalue weighted by molar-refractivity contribution is 6.07. The van der Waals surface area contributed by atoms with E-state index in [1.165, 1.54) is 25.1 Å². The lowest BCUT2D eigenvalue weighted by Gasteiger charge is -2.08. The molecule has 4 N–H and O–H groups in total. The Labute approximate surface area is 129 Å². The van der Waals surface area contributed by atoms with Crippen molar-refractivity contribution in [2.45, 2.75) is 13.8 Å². The molecule has 1 aromatic carbocycles. The molecular weight excluding hydrogens is 306 g/mol. The third-order valence-electron chi connectivity index (χ3n) is 3.07. The minimum Gasteiger partial charge on any atom is -0.506 e. The zero-order chi connectivity index (χ0) is 17.3. The summed E-state index contributed by atoms with van der Waals surface area (Å²) in [6.07, 6.45) is 0. The van der Waals surface area contributed by atoms with Crippen molar-refractivity contribution in [2.75, 3.05) is 0 Å². The molecule has 0 spiro atoms. The van der Waals surface area contributed by atoms with E-state index in [0.29, 0.717) is 0 Å². The molecular formula is C15H13NO7. The van der Waals surface area contributed by atoms with Crippen molar-refractivity contribution in [3.05, 3.63) is 39.7 Å². The number of carbonyl (C=O) groups is 1. The summed E-state index contributed by atoms with van der Waals surface area (Å²) in [5.74, 6) is -3.20. The molecule has 0 saturated carbocycles. The molecule has 1 heterocycles. The molecule has 2 aromatic rings. The number of carbonyl (C=O) groups excluding carboxylic acids is 1. The summed E-state index contributed by atoms with van der Waals surface area (Å²) in [5, 5.41) is 38.9. The number of phenolic OH excluding ortho intramolecular Hbond substituents is 2. The fourth-order valence-electron chi connectivity index (χ4n) is 2.01. The molecule has 0 unspecified atom stereocenters. The quantitative estimate of drug-likeness (QED) is 0.499. The standard InChI is InChI=1S/C15H13NO7/c1-6(16-12-8(18)4-3-5-9(12)19)10-13(20)11(7(2)17)15(22)23-14(10)21/h3-5,18-20,22H,1-2H3. The maximum atomic E-state index is 11.8. The molecule has 0 amide bonds. The highest BCUT2D eigenvalue weighted by Gasteiger charge is 2.24. The van der Waals surface area contributed by atoms with Gasteiger partial charge in [0, 0.05) is 0 Å². The van der Waals surface area contributed by atoms with Crippen LogP contribution in [0.15, 0.2) is 32.4 Å². The van der Waals surface area contributed by atoms with E-state index in [1.807, 2.05) is 0 Å². The molecule has 2 rings (SSSR count). The Kier molecular flexibility index (Phi) is 4.08. The number of hydrogen-bond acceptors (Lipinski definition) is 8. The van der Waals surface area contributed by atoms with Gasteiger partial charge in [0.2, 0.25) is 0 Å². The first-order valence-corrected chi connectivity index (χ1v) is 6.40. The van der Waals surface area contributed by atoms with E-state index in [1.54, 1.807) is 0 Å². The monoisotopic (exact) mass is 319 g/mol. The van der Waals surface area contributed by atoms with E-state index in [0.717, 1.165) is 6.92 Å². The molecule has 120 valence electrons. The number of rotatable bonds is 3. The van der Waals surface area contributed by atoms with E-state index in [-0.39, 0.29) is 22.9 Å². The van der Waals surface area contributed by atoms with E-state index in [4.69, 9.17) is 0 Å². The summed E-state index contributed by atoms with van der Waals surface area (Å²) >= 11 is 0. The minimum absolute atomic E-state index is 0.129. The molecule has 0 saturated heterocycles. The largest absolute Gasteiger partial charge is 0.506 e. The number of nitrogens with zero attached hydrogens (tertiary/aromatic N) is 1. The first-order valence-electron chi connectivity index (χ1n) is 6.40. The number of para-hydroxylation sites is 1. The lowest BCUT2D eigenvalue weighted by molar-refractivity contribution is 0.100. The van der Waals surface area contributed by atoms with Crippen LogP contribution in [0.5, 0.6) is 23.2 Å². The average molecular weight is 319 g/mol. The molecule has 0 fully saturated rings. The van der Waals surface area contributed by atoms with Crippen molar-refractivity contribution in [3.63, 3.8) is 0 Å². The van der Waals surface area contributed by atoms with Gasteiger partial charge in [-0.25, -0.2) is 9.79 Å². The maximum Gasteiger partial charge on any atom is 0.351 e. The highest BCUT2D eigenvalue weighted by atomic mass is 16.5. The Bertz CT molecular complexity index is 860. The Balaban J connectivity index is 2.72. The maximum absolute atomic E-state index is 11.8.